The zero-order valence-corrected chi connectivity index (χ0v) is 8.68. The number of benzene rings is 1. The second-order valence-corrected chi connectivity index (χ2v) is 3.35. The fourth-order valence-corrected chi connectivity index (χ4v) is 1.55. The van der Waals surface area contributed by atoms with Crippen molar-refractivity contribution in [2.75, 3.05) is 5.73 Å². The van der Waals surface area contributed by atoms with E-state index in [0.717, 1.165) is 0 Å². The number of carbonyl (C=O) groups is 1. The Hall–Kier alpha value is -2.63. The van der Waals surface area contributed by atoms with Gasteiger partial charge in [-0.2, -0.15) is 4.98 Å². The summed E-state index contributed by atoms with van der Waals surface area (Å²) in [5, 5.41) is 9.02. The zero-order valence-electron chi connectivity index (χ0n) is 8.68. The molecule has 0 radical (unpaired) electrons. The Morgan fingerprint density at radius 2 is 1.94 bits per heavy atom. The van der Waals surface area contributed by atoms with E-state index >= 15 is 0 Å². The van der Waals surface area contributed by atoms with Gasteiger partial charge in [0.1, 0.15) is 11.5 Å². The molecular weight excluding hydrogens is 222 g/mol. The fraction of sp³-hybridized carbons (Fsp3) is 0. The predicted octanol–water partition coefficient (Wildman–Crippen LogP) is 0.717. The van der Waals surface area contributed by atoms with E-state index in [1.165, 1.54) is 0 Å². The SMILES string of the molecule is Nc1nc(=O)[nH]c(C(=O)O)c1-c1ccccc1. The number of rotatable bonds is 2. The van der Waals surface area contributed by atoms with Gasteiger partial charge in [-0.25, -0.2) is 9.59 Å². The van der Waals surface area contributed by atoms with E-state index in [9.17, 15) is 9.59 Å². The van der Waals surface area contributed by atoms with E-state index in [0.29, 0.717) is 5.56 Å². The highest BCUT2D eigenvalue weighted by Crippen LogP contribution is 2.25. The summed E-state index contributed by atoms with van der Waals surface area (Å²) in [4.78, 5) is 27.8. The lowest BCUT2D eigenvalue weighted by molar-refractivity contribution is 0.0691. The molecule has 86 valence electrons. The molecule has 1 aromatic heterocycles. The number of H-pyrrole nitrogens is 1. The topological polar surface area (TPSA) is 109 Å². The van der Waals surface area contributed by atoms with Gasteiger partial charge in [0.25, 0.3) is 0 Å². The molecule has 0 fully saturated rings. The number of carboxylic acids is 1. The minimum atomic E-state index is -1.25. The molecular formula is C11H9N3O3. The maximum atomic E-state index is 11.1. The number of nitrogen functional groups attached to an aromatic ring is 1. The van der Waals surface area contributed by atoms with Gasteiger partial charge in [-0.05, 0) is 5.56 Å². The molecule has 0 unspecified atom stereocenters. The number of nitrogens with two attached hydrogens (primary N) is 1. The predicted molar refractivity (Wildman–Crippen MR) is 61.7 cm³/mol. The minimum Gasteiger partial charge on any atom is -0.477 e. The summed E-state index contributed by atoms with van der Waals surface area (Å²) in [6.07, 6.45) is 0. The number of aromatic carboxylic acids is 1. The number of nitrogens with zero attached hydrogens (tertiary/aromatic N) is 1. The van der Waals surface area contributed by atoms with Crippen molar-refractivity contribution >= 4 is 11.8 Å². The summed E-state index contributed by atoms with van der Waals surface area (Å²) in [6.45, 7) is 0. The van der Waals surface area contributed by atoms with Crippen LogP contribution in [0.15, 0.2) is 35.1 Å². The van der Waals surface area contributed by atoms with Gasteiger partial charge in [0.05, 0.1) is 5.56 Å². The van der Waals surface area contributed by atoms with Crippen LogP contribution in [0.1, 0.15) is 10.5 Å². The summed E-state index contributed by atoms with van der Waals surface area (Å²) < 4.78 is 0. The van der Waals surface area contributed by atoms with Crippen LogP contribution in [0.25, 0.3) is 11.1 Å². The summed E-state index contributed by atoms with van der Waals surface area (Å²) >= 11 is 0. The number of nitrogens with one attached hydrogen (secondary N) is 1. The van der Waals surface area contributed by atoms with Gasteiger partial charge in [0.15, 0.2) is 0 Å². The van der Waals surface area contributed by atoms with Gasteiger partial charge >= 0.3 is 11.7 Å². The molecule has 0 aliphatic heterocycles. The van der Waals surface area contributed by atoms with Gasteiger partial charge in [0, 0.05) is 0 Å². The number of aromatic amines is 1. The van der Waals surface area contributed by atoms with Gasteiger partial charge in [-0.15, -0.1) is 0 Å². The molecule has 1 aromatic carbocycles. The maximum absolute atomic E-state index is 11.1. The quantitative estimate of drug-likeness (QED) is 0.705. The summed E-state index contributed by atoms with van der Waals surface area (Å²) in [5.74, 6) is -1.35. The van der Waals surface area contributed by atoms with Crippen molar-refractivity contribution < 1.29 is 9.90 Å². The van der Waals surface area contributed by atoms with Gasteiger partial charge < -0.3 is 10.8 Å². The van der Waals surface area contributed by atoms with Crippen molar-refractivity contribution in [2.45, 2.75) is 0 Å². The Labute approximate surface area is 95.7 Å². The minimum absolute atomic E-state index is 0.0997. The molecule has 17 heavy (non-hydrogen) atoms. The highest BCUT2D eigenvalue weighted by atomic mass is 16.4. The van der Waals surface area contributed by atoms with E-state index in [-0.39, 0.29) is 17.1 Å². The molecule has 0 saturated carbocycles. The van der Waals surface area contributed by atoms with Crippen LogP contribution < -0.4 is 11.4 Å². The van der Waals surface area contributed by atoms with Crippen LogP contribution in [0, 0.1) is 0 Å². The van der Waals surface area contributed by atoms with Crippen LogP contribution in [0.4, 0.5) is 5.82 Å². The lowest BCUT2D eigenvalue weighted by atomic mass is 10.0. The Morgan fingerprint density at radius 3 is 2.53 bits per heavy atom. The Balaban J connectivity index is 2.77. The van der Waals surface area contributed by atoms with E-state index in [1.54, 1.807) is 30.3 Å². The molecule has 6 nitrogen and oxygen atoms in total. The molecule has 0 aliphatic carbocycles. The molecule has 2 rings (SSSR count). The summed E-state index contributed by atoms with van der Waals surface area (Å²) in [7, 11) is 0. The molecule has 2 aromatic rings. The fourth-order valence-electron chi connectivity index (χ4n) is 1.55. The van der Waals surface area contributed by atoms with Crippen molar-refractivity contribution in [1.29, 1.82) is 0 Å². The van der Waals surface area contributed by atoms with E-state index in [4.69, 9.17) is 10.8 Å². The normalized spacial score (nSPS) is 10.1. The second-order valence-electron chi connectivity index (χ2n) is 3.35. The van der Waals surface area contributed by atoms with Gasteiger partial charge in [-0.3, -0.25) is 4.98 Å². The molecule has 0 bridgehead atoms. The smallest absolute Gasteiger partial charge is 0.353 e. The number of hydrogen-bond donors (Lipinski definition) is 3. The monoisotopic (exact) mass is 231 g/mol. The summed E-state index contributed by atoms with van der Waals surface area (Å²) in [6, 6.07) is 8.66. The molecule has 0 spiro atoms. The van der Waals surface area contributed by atoms with E-state index in [2.05, 4.69) is 9.97 Å². The molecule has 0 atom stereocenters. The largest absolute Gasteiger partial charge is 0.477 e. The first-order valence-electron chi connectivity index (χ1n) is 4.78. The Bertz CT molecular complexity index is 620. The molecule has 4 N–H and O–H groups in total. The van der Waals surface area contributed by atoms with Crippen LogP contribution in [-0.4, -0.2) is 21.0 Å². The Morgan fingerprint density at radius 1 is 1.29 bits per heavy atom. The first-order chi connectivity index (χ1) is 8.09. The number of carboxylic acid groups (broad SMARTS) is 1. The van der Waals surface area contributed by atoms with Crippen molar-refractivity contribution in [3.8, 4) is 11.1 Å². The van der Waals surface area contributed by atoms with Crippen LogP contribution in [0.3, 0.4) is 0 Å². The molecule has 6 heteroatoms. The third-order valence-electron chi connectivity index (χ3n) is 2.24. The van der Waals surface area contributed by atoms with Crippen molar-refractivity contribution in [1.82, 2.24) is 9.97 Å². The molecule has 1 heterocycles. The average Bonchev–Trinajstić information content (AvgIpc) is 2.29. The first-order valence-corrected chi connectivity index (χ1v) is 4.78. The van der Waals surface area contributed by atoms with Gasteiger partial charge in [-0.1, -0.05) is 30.3 Å². The van der Waals surface area contributed by atoms with Crippen LogP contribution in [0.5, 0.6) is 0 Å². The summed E-state index contributed by atoms with van der Waals surface area (Å²) in [5.41, 5.74) is 5.37. The van der Waals surface area contributed by atoms with Crippen LogP contribution in [0.2, 0.25) is 0 Å². The highest BCUT2D eigenvalue weighted by Gasteiger charge is 2.17. The lowest BCUT2D eigenvalue weighted by Gasteiger charge is -2.07. The van der Waals surface area contributed by atoms with Crippen molar-refractivity contribution in [3.05, 3.63) is 46.5 Å². The van der Waals surface area contributed by atoms with Crippen molar-refractivity contribution in [2.24, 2.45) is 0 Å². The van der Waals surface area contributed by atoms with E-state index < -0.39 is 11.7 Å². The lowest BCUT2D eigenvalue weighted by Crippen LogP contribution is -2.19. The third-order valence-corrected chi connectivity index (χ3v) is 2.24. The van der Waals surface area contributed by atoms with Crippen LogP contribution >= 0.6 is 0 Å². The van der Waals surface area contributed by atoms with E-state index in [1.807, 2.05) is 0 Å². The molecule has 0 amide bonds. The first kappa shape index (κ1) is 10.9. The maximum Gasteiger partial charge on any atom is 0.353 e. The molecule has 0 aliphatic rings. The highest BCUT2D eigenvalue weighted by molar-refractivity contribution is 5.96. The zero-order chi connectivity index (χ0) is 12.4. The molecule has 0 saturated heterocycles. The Kier molecular flexibility index (Phi) is 2.61. The second kappa shape index (κ2) is 4.09. The number of aromatic nitrogens is 2. The number of hydrogen-bond acceptors (Lipinski definition) is 4. The van der Waals surface area contributed by atoms with Gasteiger partial charge in [0.2, 0.25) is 0 Å². The van der Waals surface area contributed by atoms with Crippen molar-refractivity contribution in [3.63, 3.8) is 0 Å². The third kappa shape index (κ3) is 2.00. The average molecular weight is 231 g/mol. The van der Waals surface area contributed by atoms with Crippen LogP contribution in [-0.2, 0) is 0 Å². The standard InChI is InChI=1S/C11H9N3O3/c12-9-7(6-4-2-1-3-5-6)8(10(15)16)13-11(17)14-9/h1-5H,(H,15,16)(H3,12,13,14,17). The number of anilines is 1.